The van der Waals surface area contributed by atoms with E-state index >= 15 is 0 Å². The minimum atomic E-state index is -0.430. The zero-order chi connectivity index (χ0) is 13.0. The molecule has 0 aliphatic carbocycles. The molecule has 0 radical (unpaired) electrons. The van der Waals surface area contributed by atoms with Gasteiger partial charge in [0.1, 0.15) is 18.5 Å². The van der Waals surface area contributed by atoms with E-state index in [1.807, 2.05) is 0 Å². The van der Waals surface area contributed by atoms with Crippen LogP contribution >= 0.6 is 0 Å². The largest absolute Gasteiger partial charge is 0.497 e. The van der Waals surface area contributed by atoms with Crippen LogP contribution in [0.1, 0.15) is 23.2 Å². The molecule has 1 aliphatic heterocycles. The maximum atomic E-state index is 11.7. The average Bonchev–Trinajstić information content (AvgIpc) is 2.82. The summed E-state index contributed by atoms with van der Waals surface area (Å²) < 4.78 is 15.0. The molecule has 1 aromatic rings. The van der Waals surface area contributed by atoms with Gasteiger partial charge in [0, 0.05) is 6.42 Å². The van der Waals surface area contributed by atoms with Gasteiger partial charge in [-0.15, -0.1) is 0 Å². The standard InChI is InChI=1S/C13H14O5/c1-16-10-4-2-9(3-5-10)13(15)17-8-11-6-7-12(14)18-11/h2-5,11H,6-8H2,1H3. The monoisotopic (exact) mass is 250 g/mol. The highest BCUT2D eigenvalue weighted by atomic mass is 16.6. The fourth-order valence-electron chi connectivity index (χ4n) is 1.68. The Morgan fingerprint density at radius 2 is 2.11 bits per heavy atom. The van der Waals surface area contributed by atoms with E-state index in [9.17, 15) is 9.59 Å². The second-order valence-electron chi connectivity index (χ2n) is 3.98. The third-order valence-corrected chi connectivity index (χ3v) is 2.69. The van der Waals surface area contributed by atoms with Gasteiger partial charge in [0.05, 0.1) is 12.7 Å². The Labute approximate surface area is 105 Å². The Bertz CT molecular complexity index is 437. The highest BCUT2D eigenvalue weighted by molar-refractivity contribution is 5.89. The first kappa shape index (κ1) is 12.4. The summed E-state index contributed by atoms with van der Waals surface area (Å²) >= 11 is 0. The number of carbonyl (C=O) groups is 2. The van der Waals surface area contributed by atoms with Gasteiger partial charge in [0.25, 0.3) is 0 Å². The third kappa shape index (κ3) is 3.00. The number of carbonyl (C=O) groups excluding carboxylic acids is 2. The number of hydrogen-bond donors (Lipinski definition) is 0. The third-order valence-electron chi connectivity index (χ3n) is 2.69. The fourth-order valence-corrected chi connectivity index (χ4v) is 1.68. The van der Waals surface area contributed by atoms with Crippen LogP contribution in [0, 0.1) is 0 Å². The van der Waals surface area contributed by atoms with Crippen LogP contribution in [0.3, 0.4) is 0 Å². The molecule has 1 unspecified atom stereocenters. The normalized spacial score (nSPS) is 18.3. The summed E-state index contributed by atoms with van der Waals surface area (Å²) in [5.74, 6) is 0.0115. The smallest absolute Gasteiger partial charge is 0.338 e. The molecule has 0 saturated carbocycles. The quantitative estimate of drug-likeness (QED) is 0.759. The molecule has 1 saturated heterocycles. The van der Waals surface area contributed by atoms with Crippen molar-refractivity contribution in [3.63, 3.8) is 0 Å². The summed E-state index contributed by atoms with van der Waals surface area (Å²) in [5, 5.41) is 0. The number of benzene rings is 1. The van der Waals surface area contributed by atoms with Crippen LogP contribution in [-0.2, 0) is 14.3 Å². The van der Waals surface area contributed by atoms with Gasteiger partial charge in [0.15, 0.2) is 0 Å². The Morgan fingerprint density at radius 1 is 1.39 bits per heavy atom. The molecule has 1 fully saturated rings. The van der Waals surface area contributed by atoms with Crippen molar-refractivity contribution in [3.05, 3.63) is 29.8 Å². The predicted octanol–water partition coefficient (Wildman–Crippen LogP) is 1.56. The lowest BCUT2D eigenvalue weighted by Gasteiger charge is -2.10. The molecule has 1 atom stereocenters. The van der Waals surface area contributed by atoms with E-state index in [0.717, 1.165) is 0 Å². The molecule has 1 heterocycles. The summed E-state index contributed by atoms with van der Waals surface area (Å²) in [6.07, 6.45) is 0.694. The summed E-state index contributed by atoms with van der Waals surface area (Å²) in [6, 6.07) is 6.63. The lowest BCUT2D eigenvalue weighted by molar-refractivity contribution is -0.142. The molecule has 0 amide bonds. The maximum absolute atomic E-state index is 11.7. The molecule has 5 nitrogen and oxygen atoms in total. The van der Waals surface area contributed by atoms with Crippen LogP contribution in [0.15, 0.2) is 24.3 Å². The van der Waals surface area contributed by atoms with Crippen molar-refractivity contribution < 1.29 is 23.8 Å². The van der Waals surface area contributed by atoms with E-state index in [1.165, 1.54) is 0 Å². The average molecular weight is 250 g/mol. The maximum Gasteiger partial charge on any atom is 0.338 e. The van der Waals surface area contributed by atoms with Crippen molar-refractivity contribution >= 4 is 11.9 Å². The van der Waals surface area contributed by atoms with Gasteiger partial charge in [-0.3, -0.25) is 4.79 Å². The van der Waals surface area contributed by atoms with E-state index in [4.69, 9.17) is 14.2 Å². The number of methoxy groups -OCH3 is 1. The van der Waals surface area contributed by atoms with Crippen molar-refractivity contribution in [3.8, 4) is 5.75 Å². The second-order valence-corrected chi connectivity index (χ2v) is 3.98. The van der Waals surface area contributed by atoms with Crippen molar-refractivity contribution in [2.45, 2.75) is 18.9 Å². The van der Waals surface area contributed by atoms with Gasteiger partial charge >= 0.3 is 11.9 Å². The van der Waals surface area contributed by atoms with Gasteiger partial charge in [-0.1, -0.05) is 0 Å². The molecule has 0 bridgehead atoms. The summed E-state index contributed by atoms with van der Waals surface area (Å²) in [7, 11) is 1.56. The van der Waals surface area contributed by atoms with Crippen molar-refractivity contribution in [2.24, 2.45) is 0 Å². The van der Waals surface area contributed by atoms with Gasteiger partial charge in [-0.05, 0) is 30.7 Å². The van der Waals surface area contributed by atoms with Crippen LogP contribution < -0.4 is 4.74 Å². The summed E-state index contributed by atoms with van der Waals surface area (Å²) in [4.78, 5) is 22.5. The van der Waals surface area contributed by atoms with Crippen LogP contribution in [0.4, 0.5) is 0 Å². The van der Waals surface area contributed by atoms with Crippen molar-refractivity contribution in [1.29, 1.82) is 0 Å². The first-order valence-corrected chi connectivity index (χ1v) is 5.69. The Balaban J connectivity index is 1.85. The molecular formula is C13H14O5. The molecule has 2 rings (SSSR count). The Morgan fingerprint density at radius 3 is 2.67 bits per heavy atom. The first-order valence-electron chi connectivity index (χ1n) is 5.69. The lowest BCUT2D eigenvalue weighted by Crippen LogP contribution is -2.18. The van der Waals surface area contributed by atoms with Crippen molar-refractivity contribution in [2.75, 3.05) is 13.7 Å². The molecule has 1 aromatic carbocycles. The van der Waals surface area contributed by atoms with Gasteiger partial charge < -0.3 is 14.2 Å². The molecule has 0 spiro atoms. The zero-order valence-corrected chi connectivity index (χ0v) is 10.0. The molecule has 5 heteroatoms. The van der Waals surface area contributed by atoms with Gasteiger partial charge in [-0.2, -0.15) is 0 Å². The van der Waals surface area contributed by atoms with E-state index in [0.29, 0.717) is 24.2 Å². The minimum Gasteiger partial charge on any atom is -0.497 e. The number of cyclic esters (lactones) is 1. The van der Waals surface area contributed by atoms with Crippen LogP contribution in [0.5, 0.6) is 5.75 Å². The Hall–Kier alpha value is -2.04. The topological polar surface area (TPSA) is 61.8 Å². The number of rotatable bonds is 4. The van der Waals surface area contributed by atoms with Crippen LogP contribution in [-0.4, -0.2) is 31.8 Å². The van der Waals surface area contributed by atoms with Gasteiger partial charge in [0.2, 0.25) is 0 Å². The number of hydrogen-bond acceptors (Lipinski definition) is 5. The highest BCUT2D eigenvalue weighted by Crippen LogP contribution is 2.15. The molecule has 96 valence electrons. The van der Waals surface area contributed by atoms with Gasteiger partial charge in [-0.25, -0.2) is 4.79 Å². The van der Waals surface area contributed by atoms with E-state index in [1.54, 1.807) is 31.4 Å². The minimum absolute atomic E-state index is 0.108. The van der Waals surface area contributed by atoms with Crippen molar-refractivity contribution in [1.82, 2.24) is 0 Å². The summed E-state index contributed by atoms with van der Waals surface area (Å²) in [5.41, 5.74) is 0.445. The number of esters is 2. The second kappa shape index (κ2) is 5.53. The van der Waals surface area contributed by atoms with Crippen LogP contribution in [0.25, 0.3) is 0 Å². The van der Waals surface area contributed by atoms with E-state index in [2.05, 4.69) is 0 Å². The molecular weight excluding hydrogens is 236 g/mol. The molecule has 0 N–H and O–H groups in total. The molecule has 18 heavy (non-hydrogen) atoms. The molecule has 0 aromatic heterocycles. The van der Waals surface area contributed by atoms with E-state index < -0.39 is 5.97 Å². The number of ether oxygens (including phenoxy) is 3. The van der Waals surface area contributed by atoms with Crippen LogP contribution in [0.2, 0.25) is 0 Å². The first-order chi connectivity index (χ1) is 8.69. The van der Waals surface area contributed by atoms with E-state index in [-0.39, 0.29) is 18.7 Å². The highest BCUT2D eigenvalue weighted by Gasteiger charge is 2.24. The fraction of sp³-hybridized carbons (Fsp3) is 0.385. The lowest BCUT2D eigenvalue weighted by atomic mass is 10.2. The SMILES string of the molecule is COc1ccc(C(=O)OCC2CCC(=O)O2)cc1. The summed E-state index contributed by atoms with van der Waals surface area (Å²) in [6.45, 7) is 0.108. The Kier molecular flexibility index (Phi) is 3.82. The predicted molar refractivity (Wildman–Crippen MR) is 62.4 cm³/mol. The molecule has 1 aliphatic rings. The zero-order valence-electron chi connectivity index (χ0n) is 10.0.